The highest BCUT2D eigenvalue weighted by Crippen LogP contribution is 2.47. The predicted octanol–water partition coefficient (Wildman–Crippen LogP) is 1.99. The van der Waals surface area contributed by atoms with Gasteiger partial charge in [-0.05, 0) is 52.9 Å². The van der Waals surface area contributed by atoms with E-state index in [1.165, 1.54) is 0 Å². The van der Waals surface area contributed by atoms with Crippen molar-refractivity contribution in [1.82, 2.24) is 4.90 Å². The van der Waals surface area contributed by atoms with Crippen LogP contribution in [-0.4, -0.2) is 46.7 Å². The van der Waals surface area contributed by atoms with E-state index in [0.29, 0.717) is 18.4 Å². The van der Waals surface area contributed by atoms with E-state index in [4.69, 9.17) is 9.47 Å². The summed E-state index contributed by atoms with van der Waals surface area (Å²) in [5, 5.41) is 9.20. The predicted molar refractivity (Wildman–Crippen MR) is 70.6 cm³/mol. The van der Waals surface area contributed by atoms with E-state index in [0.717, 1.165) is 6.42 Å². The monoisotopic (exact) mass is 271 g/mol. The topological polar surface area (TPSA) is 59.0 Å². The number of aliphatic hydroxyl groups excluding tert-OH is 1. The molecule has 3 atom stereocenters. The summed E-state index contributed by atoms with van der Waals surface area (Å²) < 4.78 is 11.2. The molecule has 1 saturated heterocycles. The van der Waals surface area contributed by atoms with E-state index >= 15 is 0 Å². The summed E-state index contributed by atoms with van der Waals surface area (Å²) in [5.74, 6) is 0.631. The van der Waals surface area contributed by atoms with Gasteiger partial charge in [0.05, 0.1) is 12.6 Å². The highest BCUT2D eigenvalue weighted by molar-refractivity contribution is 5.70. The number of aliphatic hydroxyl groups is 1. The number of rotatable bonds is 2. The van der Waals surface area contributed by atoms with Crippen molar-refractivity contribution >= 4 is 6.09 Å². The van der Waals surface area contributed by atoms with Gasteiger partial charge in [0, 0.05) is 6.61 Å². The third-order valence-corrected chi connectivity index (χ3v) is 3.82. The van der Waals surface area contributed by atoms with Crippen LogP contribution in [0.5, 0.6) is 0 Å². The van der Waals surface area contributed by atoms with Crippen molar-refractivity contribution in [3.8, 4) is 0 Å². The molecule has 0 aromatic rings. The van der Waals surface area contributed by atoms with Crippen LogP contribution in [0.15, 0.2) is 0 Å². The average Bonchev–Trinajstić information content (AvgIpc) is 2.93. The SMILES string of the molecule is CC(C)(C)OC(=O)N1[C@H]([C@@H]2C[C@H]2CO)COC1(C)C. The van der Waals surface area contributed by atoms with Crippen LogP contribution in [0.2, 0.25) is 0 Å². The first kappa shape index (κ1) is 14.6. The van der Waals surface area contributed by atoms with Crippen molar-refractivity contribution in [3.05, 3.63) is 0 Å². The second kappa shape index (κ2) is 4.63. The molecule has 0 bridgehead atoms. The molecule has 0 aromatic carbocycles. The third-order valence-electron chi connectivity index (χ3n) is 3.82. The van der Waals surface area contributed by atoms with E-state index in [1.54, 1.807) is 4.90 Å². The molecule has 5 nitrogen and oxygen atoms in total. The molecule has 1 saturated carbocycles. The molecular weight excluding hydrogens is 246 g/mol. The van der Waals surface area contributed by atoms with E-state index < -0.39 is 11.3 Å². The van der Waals surface area contributed by atoms with Crippen LogP contribution in [0, 0.1) is 11.8 Å². The Balaban J connectivity index is 2.11. The Bertz CT molecular complexity index is 361. The number of amides is 1. The molecule has 1 N–H and O–H groups in total. The van der Waals surface area contributed by atoms with Crippen LogP contribution in [0.1, 0.15) is 41.0 Å². The lowest BCUT2D eigenvalue weighted by Gasteiger charge is -2.35. The maximum Gasteiger partial charge on any atom is 0.412 e. The minimum Gasteiger partial charge on any atom is -0.444 e. The minimum absolute atomic E-state index is 0.0157. The second-order valence-electron chi connectivity index (χ2n) is 7.02. The van der Waals surface area contributed by atoms with Gasteiger partial charge in [-0.25, -0.2) is 4.79 Å². The Morgan fingerprint density at radius 2 is 2.11 bits per heavy atom. The quantitative estimate of drug-likeness (QED) is 0.834. The van der Waals surface area contributed by atoms with Gasteiger partial charge >= 0.3 is 6.09 Å². The summed E-state index contributed by atoms with van der Waals surface area (Å²) in [4.78, 5) is 14.1. The van der Waals surface area contributed by atoms with Crippen LogP contribution in [0.4, 0.5) is 4.79 Å². The normalized spacial score (nSPS) is 33.4. The van der Waals surface area contributed by atoms with Crippen LogP contribution in [0.3, 0.4) is 0 Å². The summed E-state index contributed by atoms with van der Waals surface area (Å²) in [5.41, 5.74) is -1.16. The minimum atomic E-state index is -0.643. The van der Waals surface area contributed by atoms with Crippen molar-refractivity contribution in [2.24, 2.45) is 11.8 Å². The molecule has 19 heavy (non-hydrogen) atoms. The first-order valence-corrected chi connectivity index (χ1v) is 6.93. The van der Waals surface area contributed by atoms with Gasteiger partial charge in [-0.2, -0.15) is 0 Å². The Morgan fingerprint density at radius 3 is 2.58 bits per heavy atom. The fourth-order valence-corrected chi connectivity index (χ4v) is 2.77. The molecule has 0 spiro atoms. The van der Waals surface area contributed by atoms with Crippen molar-refractivity contribution in [2.75, 3.05) is 13.2 Å². The zero-order valence-electron chi connectivity index (χ0n) is 12.5. The Morgan fingerprint density at radius 1 is 1.47 bits per heavy atom. The van der Waals surface area contributed by atoms with Gasteiger partial charge in [-0.3, -0.25) is 4.90 Å². The van der Waals surface area contributed by atoms with Gasteiger partial charge < -0.3 is 14.6 Å². The van der Waals surface area contributed by atoms with E-state index in [9.17, 15) is 9.90 Å². The highest BCUT2D eigenvalue weighted by atomic mass is 16.6. The number of ether oxygens (including phenoxy) is 2. The summed E-state index contributed by atoms with van der Waals surface area (Å²) in [6, 6.07) is 0.0157. The molecule has 2 rings (SSSR count). The Labute approximate surface area is 114 Å². The Hall–Kier alpha value is -0.810. The van der Waals surface area contributed by atoms with Crippen molar-refractivity contribution < 1.29 is 19.4 Å². The Kier molecular flexibility index (Phi) is 3.56. The van der Waals surface area contributed by atoms with Gasteiger partial charge in [0.25, 0.3) is 0 Å². The van der Waals surface area contributed by atoms with E-state index in [1.807, 2.05) is 34.6 Å². The average molecular weight is 271 g/mol. The number of carbonyl (C=O) groups excluding carboxylic acids is 1. The van der Waals surface area contributed by atoms with E-state index in [-0.39, 0.29) is 18.7 Å². The molecular formula is C14H25NO4. The molecule has 1 heterocycles. The fourth-order valence-electron chi connectivity index (χ4n) is 2.77. The molecule has 0 unspecified atom stereocenters. The first-order chi connectivity index (χ1) is 8.65. The van der Waals surface area contributed by atoms with Gasteiger partial charge in [-0.15, -0.1) is 0 Å². The van der Waals surface area contributed by atoms with Crippen LogP contribution < -0.4 is 0 Å². The van der Waals surface area contributed by atoms with Crippen LogP contribution >= 0.6 is 0 Å². The van der Waals surface area contributed by atoms with Crippen LogP contribution in [-0.2, 0) is 9.47 Å². The van der Waals surface area contributed by atoms with Crippen molar-refractivity contribution in [2.45, 2.75) is 58.4 Å². The molecule has 1 amide bonds. The van der Waals surface area contributed by atoms with Crippen molar-refractivity contribution in [1.29, 1.82) is 0 Å². The first-order valence-electron chi connectivity index (χ1n) is 6.93. The molecule has 110 valence electrons. The van der Waals surface area contributed by atoms with Gasteiger partial charge in [0.2, 0.25) is 0 Å². The molecule has 2 fully saturated rings. The summed E-state index contributed by atoms with van der Waals surface area (Å²) in [6.07, 6.45) is 0.628. The summed E-state index contributed by atoms with van der Waals surface area (Å²) in [6.45, 7) is 10.0. The maximum absolute atomic E-state index is 12.4. The standard InChI is InChI=1S/C14H25NO4/c1-13(2,3)19-12(17)15-11(8-18-14(15,4)5)10-6-9(10)7-16/h9-11,16H,6-8H2,1-5H3/t9-,10+,11-/m0/s1. The van der Waals surface area contributed by atoms with Crippen molar-refractivity contribution in [3.63, 3.8) is 0 Å². The zero-order valence-corrected chi connectivity index (χ0v) is 12.5. The highest BCUT2D eigenvalue weighted by Gasteiger charge is 2.54. The van der Waals surface area contributed by atoms with Gasteiger partial charge in [-0.1, -0.05) is 0 Å². The zero-order chi connectivity index (χ0) is 14.4. The number of hydrogen-bond acceptors (Lipinski definition) is 4. The molecule has 0 aromatic heterocycles. The van der Waals surface area contributed by atoms with E-state index in [2.05, 4.69) is 0 Å². The number of carbonyl (C=O) groups is 1. The lowest BCUT2D eigenvalue weighted by Crippen LogP contribution is -2.50. The fraction of sp³-hybridized carbons (Fsp3) is 0.929. The summed E-state index contributed by atoms with van der Waals surface area (Å²) in [7, 11) is 0. The smallest absolute Gasteiger partial charge is 0.412 e. The molecule has 2 aliphatic rings. The molecule has 0 radical (unpaired) electrons. The maximum atomic E-state index is 12.4. The van der Waals surface area contributed by atoms with Crippen LogP contribution in [0.25, 0.3) is 0 Å². The number of hydrogen-bond donors (Lipinski definition) is 1. The summed E-state index contributed by atoms with van der Waals surface area (Å²) >= 11 is 0. The lowest BCUT2D eigenvalue weighted by atomic mass is 10.1. The molecule has 1 aliphatic heterocycles. The lowest BCUT2D eigenvalue weighted by molar-refractivity contribution is -0.0634. The second-order valence-corrected chi connectivity index (χ2v) is 7.02. The van der Waals surface area contributed by atoms with Gasteiger partial charge in [0.1, 0.15) is 11.3 Å². The molecule has 1 aliphatic carbocycles. The largest absolute Gasteiger partial charge is 0.444 e. The number of nitrogens with zero attached hydrogens (tertiary/aromatic N) is 1. The third kappa shape index (κ3) is 3.03. The molecule has 5 heteroatoms. The van der Waals surface area contributed by atoms with Gasteiger partial charge in [0.15, 0.2) is 0 Å².